The zero-order chi connectivity index (χ0) is 12.6. The first-order chi connectivity index (χ1) is 8.22. The number of nitrogens with two attached hydrogens (primary N) is 1. The minimum absolute atomic E-state index is 0.105. The van der Waals surface area contributed by atoms with E-state index >= 15 is 0 Å². The number of aliphatic hydroxyl groups is 1. The molecule has 0 aliphatic heterocycles. The Morgan fingerprint density at radius 3 is 2.71 bits per heavy atom. The predicted molar refractivity (Wildman–Crippen MR) is 72.0 cm³/mol. The van der Waals surface area contributed by atoms with Gasteiger partial charge in [0.05, 0.1) is 0 Å². The average Bonchev–Trinajstić information content (AvgIpc) is 2.28. The van der Waals surface area contributed by atoms with Gasteiger partial charge in [0.25, 0.3) is 0 Å². The van der Waals surface area contributed by atoms with Crippen molar-refractivity contribution in [3.05, 3.63) is 0 Å². The van der Waals surface area contributed by atoms with Gasteiger partial charge in [-0.3, -0.25) is 4.79 Å². The van der Waals surface area contributed by atoms with Crippen LogP contribution in [0.25, 0.3) is 0 Å². The predicted octanol–water partition coefficient (Wildman–Crippen LogP) is 0.737. The largest absolute Gasteiger partial charge is 0.396 e. The van der Waals surface area contributed by atoms with Crippen molar-refractivity contribution >= 4 is 17.7 Å². The molecule has 1 aliphatic carbocycles. The van der Waals surface area contributed by atoms with E-state index in [-0.39, 0.29) is 17.9 Å². The van der Waals surface area contributed by atoms with E-state index in [1.807, 2.05) is 0 Å². The molecule has 1 rings (SSSR count). The molecule has 0 bridgehead atoms. The number of hydrogen-bond acceptors (Lipinski definition) is 4. The number of nitrogens with one attached hydrogen (secondary N) is 1. The molecule has 0 heterocycles. The van der Waals surface area contributed by atoms with Crippen molar-refractivity contribution in [3.63, 3.8) is 0 Å². The molecule has 0 saturated heterocycles. The maximum atomic E-state index is 11.7. The van der Waals surface area contributed by atoms with E-state index in [1.165, 1.54) is 6.42 Å². The Morgan fingerprint density at radius 1 is 1.41 bits per heavy atom. The maximum absolute atomic E-state index is 11.7. The second-order valence-electron chi connectivity index (χ2n) is 4.77. The lowest BCUT2D eigenvalue weighted by Crippen LogP contribution is -2.42. The third-order valence-corrected chi connectivity index (χ3v) is 4.47. The van der Waals surface area contributed by atoms with Crippen LogP contribution >= 0.6 is 11.8 Å². The van der Waals surface area contributed by atoms with E-state index in [9.17, 15) is 4.79 Å². The molecule has 0 radical (unpaired) electrons. The van der Waals surface area contributed by atoms with Gasteiger partial charge in [-0.2, -0.15) is 11.8 Å². The monoisotopic (exact) mass is 260 g/mol. The summed E-state index contributed by atoms with van der Waals surface area (Å²) in [6.07, 6.45) is 4.82. The Morgan fingerprint density at radius 2 is 2.18 bits per heavy atom. The zero-order valence-electron chi connectivity index (χ0n) is 10.4. The van der Waals surface area contributed by atoms with E-state index in [0.717, 1.165) is 37.3 Å². The number of carbonyl (C=O) groups is 1. The molecule has 4 N–H and O–H groups in total. The summed E-state index contributed by atoms with van der Waals surface area (Å²) in [5, 5.41) is 11.5. The second-order valence-corrected chi connectivity index (χ2v) is 6.00. The molecule has 4 nitrogen and oxygen atoms in total. The van der Waals surface area contributed by atoms with Crippen molar-refractivity contribution in [1.82, 2.24) is 5.32 Å². The smallest absolute Gasteiger partial charge is 0.220 e. The van der Waals surface area contributed by atoms with Gasteiger partial charge < -0.3 is 16.2 Å². The summed E-state index contributed by atoms with van der Waals surface area (Å²) in [6.45, 7) is 1.60. The van der Waals surface area contributed by atoms with Gasteiger partial charge in [-0.05, 0) is 37.0 Å². The summed E-state index contributed by atoms with van der Waals surface area (Å²) in [5.41, 5.74) is 5.82. The third-order valence-electron chi connectivity index (χ3n) is 3.40. The van der Waals surface area contributed by atoms with Gasteiger partial charge in [-0.1, -0.05) is 6.42 Å². The number of rotatable bonds is 9. The molecule has 0 aromatic heterocycles. The van der Waals surface area contributed by atoms with Gasteiger partial charge in [0, 0.05) is 25.3 Å². The van der Waals surface area contributed by atoms with Crippen molar-refractivity contribution in [2.75, 3.05) is 31.2 Å². The SMILES string of the molecule is NCC1(CC(=O)NCCSCCCO)CCC1. The molecule has 0 unspecified atom stereocenters. The molecule has 1 amide bonds. The summed E-state index contributed by atoms with van der Waals surface area (Å²) >= 11 is 1.76. The highest BCUT2D eigenvalue weighted by Crippen LogP contribution is 2.42. The van der Waals surface area contributed by atoms with Gasteiger partial charge in [0.2, 0.25) is 5.91 Å². The quantitative estimate of drug-likeness (QED) is 0.534. The van der Waals surface area contributed by atoms with Gasteiger partial charge >= 0.3 is 0 Å². The molecule has 100 valence electrons. The molecule has 17 heavy (non-hydrogen) atoms. The van der Waals surface area contributed by atoms with Crippen molar-refractivity contribution in [1.29, 1.82) is 0 Å². The number of thioether (sulfide) groups is 1. The standard InChI is InChI=1S/C12H24N2O2S/c13-10-12(3-1-4-12)9-11(16)14-5-8-17-7-2-6-15/h15H,1-10,13H2,(H,14,16). The molecule has 0 aromatic carbocycles. The van der Waals surface area contributed by atoms with E-state index in [1.54, 1.807) is 11.8 Å². The number of aliphatic hydroxyl groups excluding tert-OH is 1. The first-order valence-electron chi connectivity index (χ1n) is 6.38. The van der Waals surface area contributed by atoms with Crippen LogP contribution in [-0.4, -0.2) is 42.2 Å². The third kappa shape index (κ3) is 5.27. The fourth-order valence-corrected chi connectivity index (χ4v) is 2.85. The molecule has 5 heteroatoms. The van der Waals surface area contributed by atoms with Crippen LogP contribution in [0.4, 0.5) is 0 Å². The van der Waals surface area contributed by atoms with Gasteiger partial charge in [-0.15, -0.1) is 0 Å². The Hall–Kier alpha value is -0.260. The molecule has 0 aromatic rings. The molecule has 1 aliphatic rings. The van der Waals surface area contributed by atoms with Crippen molar-refractivity contribution < 1.29 is 9.90 Å². The van der Waals surface area contributed by atoms with Crippen LogP contribution in [0.5, 0.6) is 0 Å². The fourth-order valence-electron chi connectivity index (χ4n) is 2.06. The first-order valence-corrected chi connectivity index (χ1v) is 7.53. The van der Waals surface area contributed by atoms with Crippen LogP contribution in [-0.2, 0) is 4.79 Å². The fraction of sp³-hybridized carbons (Fsp3) is 0.917. The average molecular weight is 260 g/mol. The van der Waals surface area contributed by atoms with Crippen molar-refractivity contribution in [3.8, 4) is 0 Å². The Balaban J connectivity index is 2.01. The first kappa shape index (κ1) is 14.8. The summed E-state index contributed by atoms with van der Waals surface area (Å²) in [6, 6.07) is 0. The lowest BCUT2D eigenvalue weighted by Gasteiger charge is -2.40. The molecule has 1 fully saturated rings. The Bertz CT molecular complexity index is 227. The lowest BCUT2D eigenvalue weighted by atomic mass is 9.66. The van der Waals surface area contributed by atoms with Crippen LogP contribution in [0.1, 0.15) is 32.1 Å². The van der Waals surface area contributed by atoms with E-state index in [2.05, 4.69) is 5.32 Å². The second kappa shape index (κ2) is 7.95. The number of carbonyl (C=O) groups excluding carboxylic acids is 1. The molecular formula is C12H24N2O2S. The van der Waals surface area contributed by atoms with E-state index in [4.69, 9.17) is 10.8 Å². The minimum Gasteiger partial charge on any atom is -0.396 e. The van der Waals surface area contributed by atoms with E-state index in [0.29, 0.717) is 13.0 Å². The Kier molecular flexibility index (Phi) is 6.92. The highest BCUT2D eigenvalue weighted by Gasteiger charge is 2.37. The molecule has 0 spiro atoms. The van der Waals surface area contributed by atoms with Crippen molar-refractivity contribution in [2.45, 2.75) is 32.1 Å². The Labute approximate surface area is 108 Å². The summed E-state index contributed by atoms with van der Waals surface area (Å²) < 4.78 is 0. The summed E-state index contributed by atoms with van der Waals surface area (Å²) in [4.78, 5) is 11.7. The molecule has 0 atom stereocenters. The molecular weight excluding hydrogens is 236 g/mol. The minimum atomic E-state index is 0.105. The van der Waals surface area contributed by atoms with Gasteiger partial charge in [-0.25, -0.2) is 0 Å². The topological polar surface area (TPSA) is 75.4 Å². The van der Waals surface area contributed by atoms with Crippen molar-refractivity contribution in [2.24, 2.45) is 11.1 Å². The number of hydrogen-bond donors (Lipinski definition) is 3. The van der Waals surface area contributed by atoms with E-state index < -0.39 is 0 Å². The summed E-state index contributed by atoms with van der Waals surface area (Å²) in [7, 11) is 0. The normalized spacial score (nSPS) is 17.5. The van der Waals surface area contributed by atoms with Crippen LogP contribution in [0, 0.1) is 5.41 Å². The van der Waals surface area contributed by atoms with Crippen LogP contribution in [0.2, 0.25) is 0 Å². The zero-order valence-corrected chi connectivity index (χ0v) is 11.2. The molecule has 1 saturated carbocycles. The van der Waals surface area contributed by atoms with Crippen LogP contribution < -0.4 is 11.1 Å². The number of amides is 1. The van der Waals surface area contributed by atoms with Gasteiger partial charge in [0.15, 0.2) is 0 Å². The van der Waals surface area contributed by atoms with Crippen LogP contribution in [0.15, 0.2) is 0 Å². The van der Waals surface area contributed by atoms with Crippen LogP contribution in [0.3, 0.4) is 0 Å². The lowest BCUT2D eigenvalue weighted by molar-refractivity contribution is -0.124. The highest BCUT2D eigenvalue weighted by molar-refractivity contribution is 7.99. The highest BCUT2D eigenvalue weighted by atomic mass is 32.2. The maximum Gasteiger partial charge on any atom is 0.220 e. The van der Waals surface area contributed by atoms with Gasteiger partial charge in [0.1, 0.15) is 0 Å². The summed E-state index contributed by atoms with van der Waals surface area (Å²) in [5.74, 6) is 2.01.